The molecule has 4 aromatic rings. The monoisotopic (exact) mass is 625 g/mol. The predicted octanol–water partition coefficient (Wildman–Crippen LogP) is 7.37. The summed E-state index contributed by atoms with van der Waals surface area (Å²) >= 11 is 0. The zero-order valence-corrected chi connectivity index (χ0v) is 27.1. The highest BCUT2D eigenvalue weighted by Crippen LogP contribution is 2.18. The number of unbranched alkanes of at least 4 members (excludes halogenated alkanes) is 4. The second kappa shape index (κ2) is 18.2. The molecule has 0 aromatic heterocycles. The summed E-state index contributed by atoms with van der Waals surface area (Å²) in [6, 6.07) is 30.7. The molecule has 0 aliphatic rings. The summed E-state index contributed by atoms with van der Waals surface area (Å²) in [6.45, 7) is 4.76. The van der Waals surface area contributed by atoms with Crippen molar-refractivity contribution in [1.29, 1.82) is 0 Å². The Hall–Kier alpha value is -4.04. The Morgan fingerprint density at radius 3 is 2.07 bits per heavy atom. The third-order valence-electron chi connectivity index (χ3n) is 8.38. The largest absolute Gasteiger partial charge is 0.479 e. The topological polar surface area (TPSA) is 96.3 Å². The number of carbonyl (C=O) groups is 2. The Bertz CT molecular complexity index is 1540. The van der Waals surface area contributed by atoms with Gasteiger partial charge in [-0.15, -0.1) is 0 Å². The van der Waals surface area contributed by atoms with Crippen molar-refractivity contribution in [2.75, 3.05) is 13.2 Å². The van der Waals surface area contributed by atoms with Gasteiger partial charge in [-0.05, 0) is 91.0 Å². The van der Waals surface area contributed by atoms with Gasteiger partial charge in [0.15, 0.2) is 12.2 Å². The van der Waals surface area contributed by atoms with Gasteiger partial charge in [0.05, 0.1) is 0 Å². The molecule has 2 N–H and O–H groups in total. The number of hydrogen-bond donors (Lipinski definition) is 2. The molecule has 0 unspecified atom stereocenters. The highest BCUT2D eigenvalue weighted by Gasteiger charge is 2.36. The van der Waals surface area contributed by atoms with Gasteiger partial charge in [0.1, 0.15) is 6.61 Å². The van der Waals surface area contributed by atoms with Crippen LogP contribution in [0.4, 0.5) is 0 Å². The third kappa shape index (κ3) is 10.8. The molecule has 4 aromatic carbocycles. The van der Waals surface area contributed by atoms with Crippen LogP contribution in [0.1, 0.15) is 66.3 Å². The first kappa shape index (κ1) is 34.8. The minimum Gasteiger partial charge on any atom is -0.479 e. The predicted molar refractivity (Wildman–Crippen MR) is 181 cm³/mol. The number of carboxylic acids is 1. The highest BCUT2D eigenvalue weighted by atomic mass is 16.7. The molecule has 0 saturated carbocycles. The first-order chi connectivity index (χ1) is 22.3. The second-order valence-electron chi connectivity index (χ2n) is 12.0. The van der Waals surface area contributed by atoms with Crippen molar-refractivity contribution in [3.63, 3.8) is 0 Å². The van der Waals surface area contributed by atoms with E-state index in [1.807, 2.05) is 42.5 Å². The molecule has 4 rings (SSSR count). The first-order valence-electron chi connectivity index (χ1n) is 16.4. The third-order valence-corrected chi connectivity index (χ3v) is 8.38. The van der Waals surface area contributed by atoms with E-state index in [0.717, 1.165) is 44.1 Å². The molecule has 1 amide bonds. The summed E-state index contributed by atoms with van der Waals surface area (Å²) < 4.78 is 5.77. The smallest absolute Gasteiger partial charge is 0.335 e. The van der Waals surface area contributed by atoms with E-state index >= 15 is 0 Å². The van der Waals surface area contributed by atoms with Gasteiger partial charge in [0.25, 0.3) is 5.91 Å². The lowest BCUT2D eigenvalue weighted by atomic mass is 10.0. The number of aliphatic hydroxyl groups excluding tert-OH is 1. The molecule has 46 heavy (non-hydrogen) atoms. The molecule has 0 aliphatic carbocycles. The molecule has 7 nitrogen and oxygen atoms in total. The van der Waals surface area contributed by atoms with Crippen molar-refractivity contribution in [2.24, 2.45) is 0 Å². The zero-order chi connectivity index (χ0) is 32.7. The number of rotatable bonds is 19. The van der Waals surface area contributed by atoms with Crippen LogP contribution in [0.25, 0.3) is 10.8 Å². The number of carboxylic acid groups (broad SMARTS) is 1. The number of carbonyl (C=O) groups excluding carboxylic acids is 1. The van der Waals surface area contributed by atoms with Gasteiger partial charge in [-0.1, -0.05) is 104 Å². The van der Waals surface area contributed by atoms with Crippen LogP contribution < -0.4 is 0 Å². The fourth-order valence-electron chi connectivity index (χ4n) is 5.47. The van der Waals surface area contributed by atoms with E-state index in [-0.39, 0.29) is 19.8 Å². The normalized spacial score (nSPS) is 12.6. The minimum absolute atomic E-state index is 0.137. The van der Waals surface area contributed by atoms with Gasteiger partial charge in [-0.3, -0.25) is 9.63 Å². The zero-order valence-electron chi connectivity index (χ0n) is 27.1. The summed E-state index contributed by atoms with van der Waals surface area (Å²) in [7, 11) is 0. The van der Waals surface area contributed by atoms with Gasteiger partial charge >= 0.3 is 5.97 Å². The molecular formula is C39H47NO6. The maximum absolute atomic E-state index is 13.6. The highest BCUT2D eigenvalue weighted by molar-refractivity contribution is 5.87. The number of hydroxylamine groups is 2. The van der Waals surface area contributed by atoms with E-state index < -0.39 is 24.1 Å². The summed E-state index contributed by atoms with van der Waals surface area (Å²) in [5, 5.41) is 23.7. The first-order valence-corrected chi connectivity index (χ1v) is 16.4. The molecule has 0 bridgehead atoms. The number of aryl methyl sites for hydroxylation is 4. The second-order valence-corrected chi connectivity index (χ2v) is 12.0. The fourth-order valence-corrected chi connectivity index (χ4v) is 5.47. The summed E-state index contributed by atoms with van der Waals surface area (Å²) in [5.74, 6) is -2.19. The number of amides is 1. The van der Waals surface area contributed by atoms with E-state index in [4.69, 9.17) is 9.57 Å². The Balaban J connectivity index is 1.30. The van der Waals surface area contributed by atoms with Crippen LogP contribution in [0.3, 0.4) is 0 Å². The number of hydrogen-bond acceptors (Lipinski definition) is 5. The van der Waals surface area contributed by atoms with Crippen LogP contribution in [0.15, 0.2) is 91.0 Å². The average molecular weight is 626 g/mol. The lowest BCUT2D eigenvalue weighted by Crippen LogP contribution is -2.49. The van der Waals surface area contributed by atoms with Crippen LogP contribution in [-0.2, 0) is 38.6 Å². The molecule has 0 radical (unpaired) electrons. The van der Waals surface area contributed by atoms with Crippen LogP contribution in [0.2, 0.25) is 0 Å². The molecule has 7 heteroatoms. The van der Waals surface area contributed by atoms with Gasteiger partial charge in [0.2, 0.25) is 0 Å². The number of ether oxygens (including phenoxy) is 1. The molecule has 0 heterocycles. The van der Waals surface area contributed by atoms with Crippen LogP contribution in [0, 0.1) is 13.8 Å². The SMILES string of the molecule is Cc1ccc(CCCCCO[C@@H](C(=O)N(CCCCCc2ccc3ccccc3c2)OCc2ccccc2)[C@@H](O)C(=O)O)cc1C. The fraction of sp³-hybridized carbons (Fsp3) is 0.385. The van der Waals surface area contributed by atoms with Crippen LogP contribution in [-0.4, -0.2) is 52.5 Å². The molecule has 244 valence electrons. The number of aliphatic hydroxyl groups is 1. The van der Waals surface area contributed by atoms with Crippen molar-refractivity contribution in [3.8, 4) is 0 Å². The Kier molecular flexibility index (Phi) is 13.8. The number of fused-ring (bicyclic) bond motifs is 1. The van der Waals surface area contributed by atoms with Gasteiger partial charge in [0, 0.05) is 13.2 Å². The van der Waals surface area contributed by atoms with E-state index in [1.165, 1.54) is 38.1 Å². The summed E-state index contributed by atoms with van der Waals surface area (Å²) in [4.78, 5) is 31.3. The molecule has 0 aliphatic heterocycles. The van der Waals surface area contributed by atoms with E-state index in [0.29, 0.717) is 12.8 Å². The number of aliphatic carboxylic acids is 1. The minimum atomic E-state index is -2.00. The van der Waals surface area contributed by atoms with Crippen LogP contribution in [0.5, 0.6) is 0 Å². The Morgan fingerprint density at radius 1 is 0.696 bits per heavy atom. The van der Waals surface area contributed by atoms with Gasteiger partial charge < -0.3 is 14.9 Å². The van der Waals surface area contributed by atoms with Gasteiger partial charge in [-0.25, -0.2) is 9.86 Å². The van der Waals surface area contributed by atoms with Crippen molar-refractivity contribution in [3.05, 3.63) is 119 Å². The standard InChI is InChI=1S/C39H47NO6/c1-29-20-21-31(26-30(29)2)14-9-5-13-25-45-37(36(41)39(43)44)38(42)40(46-28-33-16-6-3-7-17-33)24-12-4-8-15-32-22-23-34-18-10-11-19-35(34)27-32/h3,6-7,10-11,16-23,26-27,36-37,41H,4-5,8-9,12-15,24-25,28H2,1-2H3,(H,43,44)/t36-,37-/m1/s1. The van der Waals surface area contributed by atoms with Crippen molar-refractivity contribution in [1.82, 2.24) is 5.06 Å². The van der Waals surface area contributed by atoms with Crippen LogP contribution >= 0.6 is 0 Å². The Labute approximate surface area is 272 Å². The molecule has 0 saturated heterocycles. The molecule has 0 spiro atoms. The Morgan fingerprint density at radius 2 is 1.35 bits per heavy atom. The molecular weight excluding hydrogens is 578 g/mol. The quantitative estimate of drug-likeness (QED) is 0.0834. The number of benzene rings is 4. The lowest BCUT2D eigenvalue weighted by molar-refractivity contribution is -0.209. The molecule has 0 fully saturated rings. The van der Waals surface area contributed by atoms with E-state index in [9.17, 15) is 19.8 Å². The lowest BCUT2D eigenvalue weighted by Gasteiger charge is -2.28. The van der Waals surface area contributed by atoms with Gasteiger partial charge in [-0.2, -0.15) is 0 Å². The van der Waals surface area contributed by atoms with E-state index in [1.54, 1.807) is 0 Å². The van der Waals surface area contributed by atoms with Crippen molar-refractivity contribution < 1.29 is 29.4 Å². The van der Waals surface area contributed by atoms with Crippen molar-refractivity contribution >= 4 is 22.6 Å². The van der Waals surface area contributed by atoms with E-state index in [2.05, 4.69) is 62.4 Å². The summed E-state index contributed by atoms with van der Waals surface area (Å²) in [5.41, 5.74) is 5.96. The summed E-state index contributed by atoms with van der Waals surface area (Å²) in [6.07, 6.45) is 3.14. The molecule has 2 atom stereocenters. The van der Waals surface area contributed by atoms with Crippen molar-refractivity contribution in [2.45, 2.75) is 84.0 Å². The average Bonchev–Trinajstić information content (AvgIpc) is 3.07. The maximum atomic E-state index is 13.6. The number of nitrogens with zero attached hydrogens (tertiary/aromatic N) is 1. The maximum Gasteiger partial charge on any atom is 0.335 e.